The third-order valence-electron chi connectivity index (χ3n) is 3.75. The van der Waals surface area contributed by atoms with Gasteiger partial charge in [-0.2, -0.15) is 0 Å². The molecule has 1 N–H and O–H groups in total. The Morgan fingerprint density at radius 1 is 1.20 bits per heavy atom. The predicted octanol–water partition coefficient (Wildman–Crippen LogP) is 0.922. The van der Waals surface area contributed by atoms with E-state index in [0.29, 0.717) is 12.3 Å². The van der Waals surface area contributed by atoms with Crippen molar-refractivity contribution in [3.05, 3.63) is 0 Å². The van der Waals surface area contributed by atoms with Crippen molar-refractivity contribution < 1.29 is 18.3 Å². The molecule has 0 spiro atoms. The molecule has 1 saturated carbocycles. The molecule has 15 heavy (non-hydrogen) atoms. The number of hydrogen-bond acceptors (Lipinski definition) is 3. The number of aliphatic carboxylic acids is 1. The van der Waals surface area contributed by atoms with Crippen LogP contribution >= 0.6 is 0 Å². The van der Waals surface area contributed by atoms with E-state index >= 15 is 0 Å². The minimum Gasteiger partial charge on any atom is -0.481 e. The standard InChI is InChI=1S/C10H16O4S/c11-10(12)4-3-9-7-1-2-8(9)6-15(13,14)5-7/h7-9H,1-6H2,(H,11,12). The van der Waals surface area contributed by atoms with E-state index in [4.69, 9.17) is 5.11 Å². The summed E-state index contributed by atoms with van der Waals surface area (Å²) in [4.78, 5) is 10.5. The SMILES string of the molecule is O=C(O)CCC1C2CCC1CS(=O)(=O)C2. The first-order chi connectivity index (χ1) is 6.98. The van der Waals surface area contributed by atoms with Crippen molar-refractivity contribution in [2.75, 3.05) is 11.5 Å². The molecule has 86 valence electrons. The summed E-state index contributed by atoms with van der Waals surface area (Å²) in [6.45, 7) is 0. The van der Waals surface area contributed by atoms with E-state index in [2.05, 4.69) is 0 Å². The van der Waals surface area contributed by atoms with Gasteiger partial charge >= 0.3 is 5.97 Å². The van der Waals surface area contributed by atoms with Crippen LogP contribution in [-0.2, 0) is 14.6 Å². The van der Waals surface area contributed by atoms with E-state index in [0.717, 1.165) is 12.8 Å². The Hall–Kier alpha value is -0.580. The zero-order valence-electron chi connectivity index (χ0n) is 8.55. The van der Waals surface area contributed by atoms with E-state index in [-0.39, 0.29) is 29.8 Å². The number of sulfone groups is 1. The van der Waals surface area contributed by atoms with Crippen LogP contribution in [0.3, 0.4) is 0 Å². The van der Waals surface area contributed by atoms with Gasteiger partial charge in [0.2, 0.25) is 0 Å². The van der Waals surface area contributed by atoms with Crippen LogP contribution in [0.1, 0.15) is 25.7 Å². The van der Waals surface area contributed by atoms with E-state index in [9.17, 15) is 13.2 Å². The number of hydrogen-bond donors (Lipinski definition) is 1. The van der Waals surface area contributed by atoms with Crippen molar-refractivity contribution in [2.45, 2.75) is 25.7 Å². The molecule has 0 aromatic rings. The van der Waals surface area contributed by atoms with Gasteiger partial charge in [-0.05, 0) is 37.0 Å². The van der Waals surface area contributed by atoms with Gasteiger partial charge in [-0.3, -0.25) is 4.79 Å². The second-order valence-corrected chi connectivity index (χ2v) is 6.92. The maximum atomic E-state index is 11.5. The molecular weight excluding hydrogens is 216 g/mol. The van der Waals surface area contributed by atoms with Crippen LogP contribution in [0.4, 0.5) is 0 Å². The van der Waals surface area contributed by atoms with Crippen molar-refractivity contribution in [3.63, 3.8) is 0 Å². The molecule has 2 unspecified atom stereocenters. The quantitative estimate of drug-likeness (QED) is 0.785. The van der Waals surface area contributed by atoms with Crippen LogP contribution < -0.4 is 0 Å². The Morgan fingerprint density at radius 2 is 1.73 bits per heavy atom. The maximum Gasteiger partial charge on any atom is 0.303 e. The summed E-state index contributed by atoms with van der Waals surface area (Å²) in [6, 6.07) is 0. The van der Waals surface area contributed by atoms with Crippen LogP contribution in [0.15, 0.2) is 0 Å². The summed E-state index contributed by atoms with van der Waals surface area (Å²) in [5.41, 5.74) is 0. The van der Waals surface area contributed by atoms with Crippen LogP contribution in [-0.4, -0.2) is 31.0 Å². The zero-order chi connectivity index (χ0) is 11.1. The molecule has 5 heteroatoms. The molecule has 1 aliphatic carbocycles. The van der Waals surface area contributed by atoms with Gasteiger partial charge < -0.3 is 5.11 Å². The molecule has 1 saturated heterocycles. The molecule has 1 heterocycles. The molecule has 0 amide bonds. The number of carbonyl (C=O) groups is 1. The van der Waals surface area contributed by atoms with Crippen molar-refractivity contribution in [2.24, 2.45) is 17.8 Å². The number of rotatable bonds is 3. The third-order valence-corrected chi connectivity index (χ3v) is 5.62. The smallest absolute Gasteiger partial charge is 0.303 e. The summed E-state index contributed by atoms with van der Waals surface area (Å²) in [7, 11) is -2.84. The van der Waals surface area contributed by atoms with Crippen LogP contribution in [0.5, 0.6) is 0 Å². The number of carboxylic acids is 1. The minimum absolute atomic E-state index is 0.178. The molecule has 4 nitrogen and oxygen atoms in total. The molecule has 0 aromatic carbocycles. The Balaban J connectivity index is 2.02. The van der Waals surface area contributed by atoms with E-state index in [1.54, 1.807) is 0 Å². The number of carboxylic acid groups (broad SMARTS) is 1. The monoisotopic (exact) mass is 232 g/mol. The molecule has 0 aromatic heterocycles. The minimum atomic E-state index is -2.84. The molecule has 2 atom stereocenters. The van der Waals surface area contributed by atoms with Crippen LogP contribution in [0.2, 0.25) is 0 Å². The zero-order valence-corrected chi connectivity index (χ0v) is 9.37. The fraction of sp³-hybridized carbons (Fsp3) is 0.900. The summed E-state index contributed by atoms with van der Waals surface area (Å²) < 4.78 is 23.0. The van der Waals surface area contributed by atoms with E-state index < -0.39 is 15.8 Å². The molecule has 2 fully saturated rings. The highest BCUT2D eigenvalue weighted by molar-refractivity contribution is 7.91. The highest BCUT2D eigenvalue weighted by Gasteiger charge is 2.44. The van der Waals surface area contributed by atoms with Gasteiger partial charge in [-0.15, -0.1) is 0 Å². The summed E-state index contributed by atoms with van der Waals surface area (Å²) >= 11 is 0. The van der Waals surface area contributed by atoms with Crippen molar-refractivity contribution in [1.29, 1.82) is 0 Å². The van der Waals surface area contributed by atoms with Crippen molar-refractivity contribution >= 4 is 15.8 Å². The van der Waals surface area contributed by atoms with E-state index in [1.165, 1.54) is 0 Å². The largest absolute Gasteiger partial charge is 0.481 e. The van der Waals surface area contributed by atoms with Gasteiger partial charge in [0.05, 0.1) is 11.5 Å². The Bertz CT molecular complexity index is 340. The summed E-state index contributed by atoms with van der Waals surface area (Å²) in [6.07, 6.45) is 2.76. The summed E-state index contributed by atoms with van der Waals surface area (Å²) in [5, 5.41) is 8.62. The first-order valence-corrected chi connectivity index (χ1v) is 7.22. The van der Waals surface area contributed by atoms with Gasteiger partial charge in [0.25, 0.3) is 0 Å². The van der Waals surface area contributed by atoms with E-state index in [1.807, 2.05) is 0 Å². The summed E-state index contributed by atoms with van der Waals surface area (Å²) in [5.74, 6) is 0.593. The lowest BCUT2D eigenvalue weighted by atomic mass is 9.87. The molecule has 0 radical (unpaired) electrons. The average molecular weight is 232 g/mol. The fourth-order valence-electron chi connectivity index (χ4n) is 3.14. The first kappa shape index (κ1) is 10.9. The van der Waals surface area contributed by atoms with Gasteiger partial charge in [0, 0.05) is 6.42 Å². The highest BCUT2D eigenvalue weighted by Crippen LogP contribution is 2.45. The second-order valence-electron chi connectivity index (χ2n) is 4.77. The molecule has 2 rings (SSSR count). The average Bonchev–Trinajstić information content (AvgIpc) is 2.34. The molecule has 1 aliphatic heterocycles. The third kappa shape index (κ3) is 2.33. The predicted molar refractivity (Wildman–Crippen MR) is 55.2 cm³/mol. The lowest BCUT2D eigenvalue weighted by Gasteiger charge is -2.29. The van der Waals surface area contributed by atoms with Gasteiger partial charge in [-0.1, -0.05) is 0 Å². The highest BCUT2D eigenvalue weighted by atomic mass is 32.2. The molecule has 2 aliphatic rings. The van der Waals surface area contributed by atoms with Crippen LogP contribution in [0.25, 0.3) is 0 Å². The van der Waals surface area contributed by atoms with Crippen LogP contribution in [0, 0.1) is 17.8 Å². The van der Waals surface area contributed by atoms with Crippen molar-refractivity contribution in [1.82, 2.24) is 0 Å². The molecular formula is C10H16O4S. The Morgan fingerprint density at radius 3 is 2.20 bits per heavy atom. The lowest BCUT2D eigenvalue weighted by Crippen LogP contribution is -2.34. The Kier molecular flexibility index (Phi) is 2.75. The van der Waals surface area contributed by atoms with Gasteiger partial charge in [0.15, 0.2) is 9.84 Å². The van der Waals surface area contributed by atoms with Gasteiger partial charge in [0.1, 0.15) is 0 Å². The second kappa shape index (κ2) is 3.77. The maximum absolute atomic E-state index is 11.5. The fourth-order valence-corrected chi connectivity index (χ4v) is 5.41. The Labute approximate surface area is 89.6 Å². The number of fused-ring (bicyclic) bond motifs is 2. The first-order valence-electron chi connectivity index (χ1n) is 5.40. The lowest BCUT2D eigenvalue weighted by molar-refractivity contribution is -0.137. The van der Waals surface area contributed by atoms with Gasteiger partial charge in [-0.25, -0.2) is 8.42 Å². The normalized spacial score (nSPS) is 37.7. The topological polar surface area (TPSA) is 71.4 Å². The molecule has 2 bridgehead atoms. The van der Waals surface area contributed by atoms with Crippen molar-refractivity contribution in [3.8, 4) is 0 Å².